The summed E-state index contributed by atoms with van der Waals surface area (Å²) >= 11 is 0. The third-order valence-electron chi connectivity index (χ3n) is 4.47. The molecule has 0 bridgehead atoms. The fourth-order valence-corrected chi connectivity index (χ4v) is 2.95. The quantitative estimate of drug-likeness (QED) is 0.743. The normalized spacial score (nSPS) is 16.7. The molecule has 0 saturated heterocycles. The summed E-state index contributed by atoms with van der Waals surface area (Å²) in [6.45, 7) is 4.38. The van der Waals surface area contributed by atoms with Crippen LogP contribution in [0.2, 0.25) is 0 Å². The Balaban J connectivity index is 1.57. The van der Waals surface area contributed by atoms with Gasteiger partial charge in [0.05, 0.1) is 11.6 Å². The number of allylic oxidation sites excluding steroid dienone is 1. The van der Waals surface area contributed by atoms with Crippen LogP contribution in [0.1, 0.15) is 0 Å². The summed E-state index contributed by atoms with van der Waals surface area (Å²) in [6, 6.07) is 9.35. The number of pyridine rings is 1. The highest BCUT2D eigenvalue weighted by atomic mass is 19.1. The van der Waals surface area contributed by atoms with Crippen molar-refractivity contribution in [2.24, 2.45) is 0 Å². The van der Waals surface area contributed by atoms with Crippen LogP contribution >= 0.6 is 0 Å². The van der Waals surface area contributed by atoms with Crippen LogP contribution in [0, 0.1) is 5.82 Å². The molecular formula is C20H19FN6. The molecule has 2 N–H and O–H groups in total. The molecule has 0 amide bonds. The van der Waals surface area contributed by atoms with Gasteiger partial charge in [0.2, 0.25) is 0 Å². The molecule has 7 heteroatoms. The van der Waals surface area contributed by atoms with Gasteiger partial charge in [0.1, 0.15) is 12.0 Å². The summed E-state index contributed by atoms with van der Waals surface area (Å²) in [4.78, 5) is 12.5. The van der Waals surface area contributed by atoms with Crippen LogP contribution in [0.15, 0.2) is 67.3 Å². The first-order valence-electron chi connectivity index (χ1n) is 8.58. The molecule has 6 nitrogen and oxygen atoms in total. The lowest BCUT2D eigenvalue weighted by molar-refractivity contribution is 0.275. The molecule has 2 aromatic heterocycles. The van der Waals surface area contributed by atoms with Crippen LogP contribution in [0.4, 0.5) is 10.2 Å². The van der Waals surface area contributed by atoms with E-state index in [1.54, 1.807) is 6.20 Å². The lowest BCUT2D eigenvalue weighted by Crippen LogP contribution is -2.46. The lowest BCUT2D eigenvalue weighted by atomic mass is 10.1. The number of halogens is 1. The summed E-state index contributed by atoms with van der Waals surface area (Å²) in [5.74, 6) is -0.299. The van der Waals surface area contributed by atoms with Gasteiger partial charge >= 0.3 is 0 Å². The molecule has 1 unspecified atom stereocenters. The monoisotopic (exact) mass is 362 g/mol. The van der Waals surface area contributed by atoms with Crippen molar-refractivity contribution in [3.8, 4) is 11.3 Å². The fourth-order valence-electron chi connectivity index (χ4n) is 2.95. The van der Waals surface area contributed by atoms with Crippen molar-refractivity contribution in [2.75, 3.05) is 18.9 Å². The van der Waals surface area contributed by atoms with E-state index in [-0.39, 0.29) is 17.6 Å². The number of nitrogens with one attached hydrogen (secondary N) is 2. The van der Waals surface area contributed by atoms with Gasteiger partial charge in [-0.2, -0.15) is 0 Å². The molecule has 3 aromatic rings. The maximum absolute atomic E-state index is 15.0. The molecule has 0 aliphatic carbocycles. The van der Waals surface area contributed by atoms with E-state index in [4.69, 9.17) is 0 Å². The molecule has 27 heavy (non-hydrogen) atoms. The Labute approximate surface area is 156 Å². The van der Waals surface area contributed by atoms with E-state index in [1.807, 2.05) is 54.5 Å². The van der Waals surface area contributed by atoms with E-state index in [2.05, 4.69) is 32.3 Å². The van der Waals surface area contributed by atoms with Crippen molar-refractivity contribution in [3.05, 3.63) is 73.1 Å². The van der Waals surface area contributed by atoms with Gasteiger partial charge in [0, 0.05) is 36.4 Å². The van der Waals surface area contributed by atoms with Gasteiger partial charge < -0.3 is 10.3 Å². The van der Waals surface area contributed by atoms with Crippen molar-refractivity contribution < 1.29 is 4.39 Å². The van der Waals surface area contributed by atoms with Gasteiger partial charge in [0.15, 0.2) is 11.6 Å². The first kappa shape index (κ1) is 17.1. The second-order valence-corrected chi connectivity index (χ2v) is 6.32. The molecule has 1 aliphatic rings. The number of aromatic nitrogens is 3. The molecule has 0 spiro atoms. The maximum atomic E-state index is 15.0. The molecule has 1 atom stereocenters. The number of likely N-dealkylation sites (N-methyl/N-ethyl adjacent to an activating group) is 1. The Morgan fingerprint density at radius 2 is 2.15 bits per heavy atom. The predicted octanol–water partition coefficient (Wildman–Crippen LogP) is 3.13. The van der Waals surface area contributed by atoms with Gasteiger partial charge in [-0.05, 0) is 24.3 Å². The molecule has 136 valence electrons. The third-order valence-corrected chi connectivity index (χ3v) is 4.47. The minimum absolute atomic E-state index is 0.00468. The fraction of sp³-hybridized carbons (Fsp3) is 0.150. The van der Waals surface area contributed by atoms with E-state index in [1.165, 1.54) is 6.33 Å². The van der Waals surface area contributed by atoms with Crippen LogP contribution in [0.25, 0.3) is 22.2 Å². The number of anilines is 1. The highest BCUT2D eigenvalue weighted by Gasteiger charge is 2.17. The third kappa shape index (κ3) is 3.50. The van der Waals surface area contributed by atoms with Gasteiger partial charge in [-0.3, -0.25) is 4.98 Å². The summed E-state index contributed by atoms with van der Waals surface area (Å²) < 4.78 is 15.0. The van der Waals surface area contributed by atoms with Crippen molar-refractivity contribution in [3.63, 3.8) is 0 Å². The molecule has 0 fully saturated rings. The van der Waals surface area contributed by atoms with Gasteiger partial charge in [0.25, 0.3) is 0 Å². The van der Waals surface area contributed by atoms with E-state index in [0.29, 0.717) is 12.1 Å². The Kier molecular flexibility index (Phi) is 4.52. The number of nitrogens with zero attached hydrogens (tertiary/aromatic N) is 4. The summed E-state index contributed by atoms with van der Waals surface area (Å²) in [6.07, 6.45) is 7.00. The van der Waals surface area contributed by atoms with Crippen LogP contribution in [-0.2, 0) is 0 Å². The molecule has 0 radical (unpaired) electrons. The van der Waals surface area contributed by atoms with Crippen LogP contribution in [0.5, 0.6) is 0 Å². The van der Waals surface area contributed by atoms with Gasteiger partial charge in [-0.15, -0.1) is 0 Å². The minimum atomic E-state index is -0.474. The minimum Gasteiger partial charge on any atom is -0.366 e. The molecule has 3 heterocycles. The van der Waals surface area contributed by atoms with Gasteiger partial charge in [-0.25, -0.2) is 19.8 Å². The Morgan fingerprint density at radius 3 is 3.00 bits per heavy atom. The SMILES string of the molecule is C=C1C=CC(CNc2ncnc(-c3ccc4ncccc4c3)c2F)NN1C. The second kappa shape index (κ2) is 7.13. The average Bonchev–Trinajstić information content (AvgIpc) is 2.69. The van der Waals surface area contributed by atoms with Crippen LogP contribution in [0.3, 0.4) is 0 Å². The van der Waals surface area contributed by atoms with Crippen molar-refractivity contribution in [2.45, 2.75) is 6.04 Å². The van der Waals surface area contributed by atoms with E-state index < -0.39 is 5.82 Å². The summed E-state index contributed by atoms with van der Waals surface area (Å²) in [5, 5.41) is 5.82. The molecule has 1 aliphatic heterocycles. The molecule has 0 saturated carbocycles. The standard InChI is InChI=1S/C20H19FN6/c1-13-5-7-16(26-27(13)2)11-23-20-18(21)19(24-12-25-20)15-6-8-17-14(10-15)4-3-9-22-17/h3-10,12,16,26H,1,11H2,2H3,(H,23,24,25). The maximum Gasteiger partial charge on any atom is 0.191 e. The van der Waals surface area contributed by atoms with Crippen LogP contribution in [-0.4, -0.2) is 39.6 Å². The zero-order chi connectivity index (χ0) is 18.8. The Hall–Kier alpha value is -3.32. The summed E-state index contributed by atoms with van der Waals surface area (Å²) in [7, 11) is 1.89. The van der Waals surface area contributed by atoms with E-state index >= 15 is 0 Å². The molecule has 1 aromatic carbocycles. The second-order valence-electron chi connectivity index (χ2n) is 6.32. The smallest absolute Gasteiger partial charge is 0.191 e. The summed E-state index contributed by atoms with van der Waals surface area (Å²) in [5.41, 5.74) is 5.90. The Bertz CT molecular complexity index is 1030. The average molecular weight is 362 g/mol. The first-order chi connectivity index (χ1) is 13.1. The van der Waals surface area contributed by atoms with E-state index in [0.717, 1.165) is 16.6 Å². The number of rotatable bonds is 4. The topological polar surface area (TPSA) is 66.0 Å². The molecule has 4 rings (SSSR count). The highest BCUT2D eigenvalue weighted by Crippen LogP contribution is 2.26. The zero-order valence-corrected chi connectivity index (χ0v) is 14.9. The van der Waals surface area contributed by atoms with Crippen molar-refractivity contribution in [1.82, 2.24) is 25.4 Å². The Morgan fingerprint density at radius 1 is 1.26 bits per heavy atom. The largest absolute Gasteiger partial charge is 0.366 e. The first-order valence-corrected chi connectivity index (χ1v) is 8.58. The lowest BCUT2D eigenvalue weighted by Gasteiger charge is -2.30. The number of hydrogen-bond acceptors (Lipinski definition) is 6. The van der Waals surface area contributed by atoms with Crippen LogP contribution < -0.4 is 10.7 Å². The van der Waals surface area contributed by atoms with Gasteiger partial charge in [-0.1, -0.05) is 24.8 Å². The van der Waals surface area contributed by atoms with E-state index in [9.17, 15) is 4.39 Å². The number of fused-ring (bicyclic) bond motifs is 1. The molecular weight excluding hydrogens is 343 g/mol. The number of hydrazine groups is 1. The number of hydrogen-bond donors (Lipinski definition) is 2. The predicted molar refractivity (Wildman–Crippen MR) is 104 cm³/mol. The van der Waals surface area contributed by atoms with Crippen molar-refractivity contribution in [1.29, 1.82) is 0 Å². The van der Waals surface area contributed by atoms with Crippen molar-refractivity contribution >= 4 is 16.7 Å². The number of benzene rings is 1. The highest BCUT2D eigenvalue weighted by molar-refractivity contribution is 5.84. The zero-order valence-electron chi connectivity index (χ0n) is 14.9.